The van der Waals surface area contributed by atoms with Gasteiger partial charge in [-0.2, -0.15) is 0 Å². The minimum Gasteiger partial charge on any atom is -0.378 e. The Labute approximate surface area is 180 Å². The van der Waals surface area contributed by atoms with Gasteiger partial charge in [0.15, 0.2) is 0 Å². The molecule has 4 rings (SSSR count). The van der Waals surface area contributed by atoms with Crippen molar-refractivity contribution >= 4 is 17.3 Å². The second-order valence-electron chi connectivity index (χ2n) is 7.31. The predicted molar refractivity (Wildman–Crippen MR) is 119 cm³/mol. The van der Waals surface area contributed by atoms with Gasteiger partial charge in [0, 0.05) is 31.3 Å². The van der Waals surface area contributed by atoms with E-state index < -0.39 is 4.92 Å². The molecule has 0 aliphatic carbocycles. The van der Waals surface area contributed by atoms with Gasteiger partial charge in [-0.3, -0.25) is 14.9 Å². The van der Waals surface area contributed by atoms with Gasteiger partial charge in [-0.15, -0.1) is 0 Å². The molecule has 0 spiro atoms. The van der Waals surface area contributed by atoms with Crippen LogP contribution in [0.25, 0.3) is 11.1 Å². The van der Waals surface area contributed by atoms with Gasteiger partial charge < -0.3 is 15.0 Å². The van der Waals surface area contributed by atoms with E-state index in [0.717, 1.165) is 16.7 Å². The van der Waals surface area contributed by atoms with Crippen LogP contribution in [0.2, 0.25) is 0 Å². The topological polar surface area (TPSA) is 84.7 Å². The first kappa shape index (κ1) is 20.6. The summed E-state index contributed by atoms with van der Waals surface area (Å²) in [6, 6.07) is 22.0. The molecular formula is C24H23N3O4. The number of nitrogens with zero attached hydrogens (tertiary/aromatic N) is 2. The minimum absolute atomic E-state index is 0.0141. The van der Waals surface area contributed by atoms with Crippen molar-refractivity contribution in [3.8, 4) is 11.1 Å². The van der Waals surface area contributed by atoms with Crippen molar-refractivity contribution in [2.75, 3.05) is 31.6 Å². The molecule has 1 saturated heterocycles. The van der Waals surface area contributed by atoms with Gasteiger partial charge >= 0.3 is 0 Å². The second-order valence-corrected chi connectivity index (χ2v) is 7.31. The number of carbonyl (C=O) groups excluding carboxylic acids is 1. The molecule has 1 aliphatic rings. The van der Waals surface area contributed by atoms with Crippen molar-refractivity contribution < 1.29 is 14.5 Å². The van der Waals surface area contributed by atoms with Crippen molar-refractivity contribution in [1.82, 2.24) is 4.90 Å². The highest BCUT2D eigenvalue weighted by Crippen LogP contribution is 2.31. The van der Waals surface area contributed by atoms with Crippen LogP contribution in [0.1, 0.15) is 15.9 Å². The highest BCUT2D eigenvalue weighted by atomic mass is 16.6. The van der Waals surface area contributed by atoms with Gasteiger partial charge in [-0.1, -0.05) is 42.5 Å². The lowest BCUT2D eigenvalue weighted by molar-refractivity contribution is -0.384. The molecule has 0 unspecified atom stereocenters. The van der Waals surface area contributed by atoms with Crippen LogP contribution in [-0.4, -0.2) is 42.0 Å². The normalized spacial score (nSPS) is 13.6. The summed E-state index contributed by atoms with van der Waals surface area (Å²) < 4.78 is 5.32. The largest absolute Gasteiger partial charge is 0.378 e. The van der Waals surface area contributed by atoms with E-state index in [1.54, 1.807) is 23.1 Å². The van der Waals surface area contributed by atoms with Crippen molar-refractivity contribution in [2.45, 2.75) is 6.54 Å². The van der Waals surface area contributed by atoms with Crippen LogP contribution >= 0.6 is 0 Å². The van der Waals surface area contributed by atoms with Crippen LogP contribution < -0.4 is 5.32 Å². The van der Waals surface area contributed by atoms with Gasteiger partial charge in [0.05, 0.1) is 18.1 Å². The Morgan fingerprint density at radius 3 is 2.45 bits per heavy atom. The molecule has 158 valence electrons. The summed E-state index contributed by atoms with van der Waals surface area (Å²) in [4.78, 5) is 25.7. The van der Waals surface area contributed by atoms with Crippen molar-refractivity contribution in [1.29, 1.82) is 0 Å². The molecule has 7 nitrogen and oxygen atoms in total. The van der Waals surface area contributed by atoms with Gasteiger partial charge in [0.2, 0.25) is 0 Å². The van der Waals surface area contributed by atoms with E-state index in [1.807, 2.05) is 48.5 Å². The van der Waals surface area contributed by atoms with Gasteiger partial charge in [0.1, 0.15) is 5.69 Å². The molecule has 1 fully saturated rings. The molecular weight excluding hydrogens is 394 g/mol. The van der Waals surface area contributed by atoms with E-state index >= 15 is 0 Å². The van der Waals surface area contributed by atoms with E-state index in [4.69, 9.17) is 4.74 Å². The van der Waals surface area contributed by atoms with Crippen molar-refractivity contribution in [3.05, 3.63) is 94.0 Å². The lowest BCUT2D eigenvalue weighted by Crippen LogP contribution is -2.40. The first-order chi connectivity index (χ1) is 15.1. The van der Waals surface area contributed by atoms with Crippen molar-refractivity contribution in [2.24, 2.45) is 0 Å². The number of rotatable bonds is 6. The molecule has 0 aromatic heterocycles. The maximum Gasteiger partial charge on any atom is 0.292 e. The molecule has 1 aliphatic heterocycles. The first-order valence-electron chi connectivity index (χ1n) is 10.2. The average Bonchev–Trinajstić information content (AvgIpc) is 2.83. The third kappa shape index (κ3) is 4.90. The SMILES string of the molecule is O=C(c1cccc(-c2ccc([N+](=O)[O-])c(NCc3ccccc3)c2)c1)N1CCOCC1. The number of nitro groups is 1. The number of nitro benzene ring substituents is 1. The summed E-state index contributed by atoms with van der Waals surface area (Å²) >= 11 is 0. The first-order valence-corrected chi connectivity index (χ1v) is 10.2. The van der Waals surface area contributed by atoms with Crippen LogP contribution in [0.4, 0.5) is 11.4 Å². The zero-order valence-electron chi connectivity index (χ0n) is 17.0. The van der Waals surface area contributed by atoms with E-state index in [1.165, 1.54) is 6.07 Å². The quantitative estimate of drug-likeness (QED) is 0.476. The third-order valence-electron chi connectivity index (χ3n) is 5.26. The van der Waals surface area contributed by atoms with Crippen LogP contribution in [0.5, 0.6) is 0 Å². The number of hydrogen-bond acceptors (Lipinski definition) is 5. The zero-order valence-corrected chi connectivity index (χ0v) is 17.0. The number of ether oxygens (including phenoxy) is 1. The molecule has 0 bridgehead atoms. The maximum atomic E-state index is 12.8. The number of morpholine rings is 1. The summed E-state index contributed by atoms with van der Waals surface area (Å²) in [5, 5.41) is 14.7. The lowest BCUT2D eigenvalue weighted by Gasteiger charge is -2.27. The highest BCUT2D eigenvalue weighted by molar-refractivity contribution is 5.95. The van der Waals surface area contributed by atoms with Crippen LogP contribution in [-0.2, 0) is 11.3 Å². The highest BCUT2D eigenvalue weighted by Gasteiger charge is 2.19. The molecule has 31 heavy (non-hydrogen) atoms. The Balaban J connectivity index is 1.60. The number of amides is 1. The molecule has 3 aromatic rings. The molecule has 7 heteroatoms. The van der Waals surface area contributed by atoms with E-state index in [2.05, 4.69) is 5.32 Å². The Hall–Kier alpha value is -3.71. The van der Waals surface area contributed by atoms with Crippen LogP contribution in [0, 0.1) is 10.1 Å². The summed E-state index contributed by atoms with van der Waals surface area (Å²) in [6.45, 7) is 2.72. The summed E-state index contributed by atoms with van der Waals surface area (Å²) in [5.41, 5.74) is 3.71. The molecule has 0 radical (unpaired) electrons. The van der Waals surface area contributed by atoms with Gasteiger partial charge in [-0.05, 0) is 41.0 Å². The van der Waals surface area contributed by atoms with E-state index in [0.29, 0.717) is 44.1 Å². The van der Waals surface area contributed by atoms with Crippen molar-refractivity contribution in [3.63, 3.8) is 0 Å². The Bertz CT molecular complexity index is 1080. The summed E-state index contributed by atoms with van der Waals surface area (Å²) in [5.74, 6) is -0.0329. The van der Waals surface area contributed by atoms with E-state index in [-0.39, 0.29) is 11.6 Å². The lowest BCUT2D eigenvalue weighted by atomic mass is 10.0. The maximum absolute atomic E-state index is 12.8. The Morgan fingerprint density at radius 2 is 1.71 bits per heavy atom. The fraction of sp³-hybridized carbons (Fsp3) is 0.208. The fourth-order valence-corrected chi connectivity index (χ4v) is 3.59. The van der Waals surface area contributed by atoms with Gasteiger partial charge in [0.25, 0.3) is 11.6 Å². The molecule has 3 aromatic carbocycles. The van der Waals surface area contributed by atoms with E-state index in [9.17, 15) is 14.9 Å². The predicted octanol–water partition coefficient (Wildman–Crippen LogP) is 4.35. The Morgan fingerprint density at radius 1 is 0.968 bits per heavy atom. The van der Waals surface area contributed by atoms with Gasteiger partial charge in [-0.25, -0.2) is 0 Å². The van der Waals surface area contributed by atoms with Crippen LogP contribution in [0.15, 0.2) is 72.8 Å². The number of hydrogen-bond donors (Lipinski definition) is 1. The standard InChI is InChI=1S/C24H23N3O4/c28-24(26-11-13-31-14-12-26)21-8-4-7-19(15-21)20-9-10-23(27(29)30)22(16-20)25-17-18-5-2-1-3-6-18/h1-10,15-16,25H,11-14,17H2. The summed E-state index contributed by atoms with van der Waals surface area (Å²) in [7, 11) is 0. The average molecular weight is 417 g/mol. The smallest absolute Gasteiger partial charge is 0.292 e. The molecule has 1 heterocycles. The third-order valence-corrected chi connectivity index (χ3v) is 5.26. The number of anilines is 1. The number of benzene rings is 3. The monoisotopic (exact) mass is 417 g/mol. The van der Waals surface area contributed by atoms with Crippen LogP contribution in [0.3, 0.4) is 0 Å². The molecule has 0 atom stereocenters. The fourth-order valence-electron chi connectivity index (χ4n) is 3.59. The summed E-state index contributed by atoms with van der Waals surface area (Å²) in [6.07, 6.45) is 0. The zero-order chi connectivity index (χ0) is 21.6. The molecule has 1 N–H and O–H groups in total. The number of nitrogens with one attached hydrogen (secondary N) is 1. The minimum atomic E-state index is -0.393. The second kappa shape index (κ2) is 9.40. The molecule has 0 saturated carbocycles. The Kier molecular flexibility index (Phi) is 6.24. The number of carbonyl (C=O) groups is 1. The molecule has 1 amide bonds.